The van der Waals surface area contributed by atoms with E-state index < -0.39 is 0 Å². The molecule has 0 saturated carbocycles. The van der Waals surface area contributed by atoms with E-state index in [-0.39, 0.29) is 5.95 Å². The third kappa shape index (κ3) is 4.19. The summed E-state index contributed by atoms with van der Waals surface area (Å²) < 4.78 is 5.75. The minimum Gasteiger partial charge on any atom is -0.455 e. The van der Waals surface area contributed by atoms with Crippen molar-refractivity contribution in [2.45, 2.75) is 0 Å². The summed E-state index contributed by atoms with van der Waals surface area (Å²) in [5.41, 5.74) is 5.23. The second-order valence-corrected chi connectivity index (χ2v) is 6.55. The van der Waals surface area contributed by atoms with Gasteiger partial charge in [0.2, 0.25) is 0 Å². The van der Waals surface area contributed by atoms with Crippen LogP contribution in [0.3, 0.4) is 0 Å². The van der Waals surface area contributed by atoms with Crippen molar-refractivity contribution in [2.75, 3.05) is 5.43 Å². The number of halogens is 2. The molecule has 0 aliphatic carbocycles. The van der Waals surface area contributed by atoms with Crippen LogP contribution in [0, 0.1) is 0 Å². The monoisotopic (exact) mass is 409 g/mol. The van der Waals surface area contributed by atoms with Gasteiger partial charge in [-0.15, -0.1) is 5.10 Å². The van der Waals surface area contributed by atoms with Crippen molar-refractivity contribution in [3.8, 4) is 22.6 Å². The SMILES string of the molecule is Clc1ccc(-c2ccc(/C=N/Nc3nncc(-c4ccccc4)n3)o2)cc1Cl. The van der Waals surface area contributed by atoms with Crippen molar-refractivity contribution in [1.29, 1.82) is 0 Å². The van der Waals surface area contributed by atoms with E-state index in [1.807, 2.05) is 42.5 Å². The normalized spacial score (nSPS) is 11.1. The third-order valence-electron chi connectivity index (χ3n) is 3.82. The lowest BCUT2D eigenvalue weighted by Crippen LogP contribution is -1.99. The molecule has 0 aliphatic heterocycles. The highest BCUT2D eigenvalue weighted by Crippen LogP contribution is 2.29. The minimum atomic E-state index is 0.286. The van der Waals surface area contributed by atoms with Crippen LogP contribution in [0.4, 0.5) is 5.95 Å². The molecule has 2 aromatic heterocycles. The number of aromatic nitrogens is 3. The van der Waals surface area contributed by atoms with Crippen LogP contribution in [0.1, 0.15) is 5.76 Å². The molecular formula is C20H13Cl2N5O. The van der Waals surface area contributed by atoms with Gasteiger partial charge >= 0.3 is 0 Å². The maximum atomic E-state index is 6.05. The van der Waals surface area contributed by atoms with Gasteiger partial charge in [-0.3, -0.25) is 0 Å². The van der Waals surface area contributed by atoms with Crippen LogP contribution >= 0.6 is 23.2 Å². The summed E-state index contributed by atoms with van der Waals surface area (Å²) in [6.45, 7) is 0. The number of furan rings is 1. The second kappa shape index (κ2) is 8.21. The number of benzene rings is 2. The van der Waals surface area contributed by atoms with E-state index in [4.69, 9.17) is 27.6 Å². The highest BCUT2D eigenvalue weighted by molar-refractivity contribution is 6.42. The zero-order valence-electron chi connectivity index (χ0n) is 14.4. The molecule has 1 N–H and O–H groups in total. The van der Waals surface area contributed by atoms with E-state index in [1.165, 1.54) is 6.21 Å². The Labute approximate surface area is 170 Å². The smallest absolute Gasteiger partial charge is 0.263 e. The molecular weight excluding hydrogens is 397 g/mol. The van der Waals surface area contributed by atoms with Gasteiger partial charge < -0.3 is 4.42 Å². The molecule has 28 heavy (non-hydrogen) atoms. The molecule has 0 amide bonds. The third-order valence-corrected chi connectivity index (χ3v) is 4.55. The molecule has 2 heterocycles. The average molecular weight is 410 g/mol. The molecule has 6 nitrogen and oxygen atoms in total. The van der Waals surface area contributed by atoms with E-state index in [0.29, 0.717) is 27.3 Å². The lowest BCUT2D eigenvalue weighted by atomic mass is 10.2. The van der Waals surface area contributed by atoms with Gasteiger partial charge in [0.25, 0.3) is 5.95 Å². The Bertz CT molecular complexity index is 1130. The van der Waals surface area contributed by atoms with E-state index in [9.17, 15) is 0 Å². The number of rotatable bonds is 5. The number of hydrogen-bond donors (Lipinski definition) is 1. The van der Waals surface area contributed by atoms with Crippen LogP contribution in [-0.4, -0.2) is 21.4 Å². The first-order chi connectivity index (χ1) is 13.7. The lowest BCUT2D eigenvalue weighted by Gasteiger charge is -2.01. The molecule has 0 atom stereocenters. The standard InChI is InChI=1S/C20H13Cl2N5O/c21-16-8-6-14(10-17(16)22)19-9-7-15(28-19)11-23-26-20-25-18(12-24-27-20)13-4-2-1-3-5-13/h1-12H,(H,25,26,27)/b23-11+. The topological polar surface area (TPSA) is 76.2 Å². The average Bonchev–Trinajstić information content (AvgIpc) is 3.20. The fourth-order valence-corrected chi connectivity index (χ4v) is 2.78. The highest BCUT2D eigenvalue weighted by Gasteiger charge is 2.06. The van der Waals surface area contributed by atoms with Gasteiger partial charge in [-0.25, -0.2) is 10.4 Å². The first-order valence-corrected chi connectivity index (χ1v) is 9.04. The number of anilines is 1. The van der Waals surface area contributed by atoms with E-state index in [1.54, 1.807) is 24.4 Å². The molecule has 0 spiro atoms. The number of nitrogens with zero attached hydrogens (tertiary/aromatic N) is 4. The van der Waals surface area contributed by atoms with Gasteiger partial charge in [0.1, 0.15) is 11.5 Å². The molecule has 0 radical (unpaired) electrons. The first kappa shape index (κ1) is 18.2. The summed E-state index contributed by atoms with van der Waals surface area (Å²) in [6, 6.07) is 18.6. The van der Waals surface area contributed by atoms with Crippen LogP contribution < -0.4 is 5.43 Å². The molecule has 4 aromatic rings. The van der Waals surface area contributed by atoms with E-state index in [2.05, 4.69) is 25.7 Å². The fraction of sp³-hybridized carbons (Fsp3) is 0. The zero-order valence-corrected chi connectivity index (χ0v) is 15.9. The van der Waals surface area contributed by atoms with Crippen LogP contribution in [0.25, 0.3) is 22.6 Å². The summed E-state index contributed by atoms with van der Waals surface area (Å²) in [5.74, 6) is 1.50. The molecule has 8 heteroatoms. The second-order valence-electron chi connectivity index (χ2n) is 5.73. The Morgan fingerprint density at radius 3 is 2.61 bits per heavy atom. The molecule has 138 valence electrons. The number of hydrazone groups is 1. The Morgan fingerprint density at radius 2 is 1.79 bits per heavy atom. The van der Waals surface area contributed by atoms with Crippen molar-refractivity contribution in [1.82, 2.24) is 15.2 Å². The van der Waals surface area contributed by atoms with Crippen LogP contribution in [0.5, 0.6) is 0 Å². The molecule has 0 aliphatic rings. The molecule has 0 fully saturated rings. The summed E-state index contributed by atoms with van der Waals surface area (Å²) in [7, 11) is 0. The Kier molecular flexibility index (Phi) is 5.32. The van der Waals surface area contributed by atoms with E-state index >= 15 is 0 Å². The van der Waals surface area contributed by atoms with Crippen molar-refractivity contribution in [2.24, 2.45) is 5.10 Å². The summed E-state index contributed by atoms with van der Waals surface area (Å²) >= 11 is 12.0. The number of hydrogen-bond acceptors (Lipinski definition) is 6. The van der Waals surface area contributed by atoms with Crippen molar-refractivity contribution in [3.63, 3.8) is 0 Å². The highest BCUT2D eigenvalue weighted by atomic mass is 35.5. The van der Waals surface area contributed by atoms with Crippen LogP contribution in [0.2, 0.25) is 10.0 Å². The first-order valence-electron chi connectivity index (χ1n) is 8.28. The molecule has 4 rings (SSSR count). The maximum Gasteiger partial charge on any atom is 0.263 e. The van der Waals surface area contributed by atoms with Gasteiger partial charge in [-0.2, -0.15) is 10.2 Å². The Hall–Kier alpha value is -3.22. The van der Waals surface area contributed by atoms with Gasteiger partial charge in [0.15, 0.2) is 0 Å². The van der Waals surface area contributed by atoms with Crippen molar-refractivity contribution >= 4 is 35.4 Å². The summed E-state index contributed by atoms with van der Waals surface area (Å²) in [6.07, 6.45) is 3.12. The summed E-state index contributed by atoms with van der Waals surface area (Å²) in [5, 5.41) is 12.9. The lowest BCUT2D eigenvalue weighted by molar-refractivity contribution is 0.575. The van der Waals surface area contributed by atoms with Crippen LogP contribution in [-0.2, 0) is 0 Å². The predicted octanol–water partition coefficient (Wildman–Crippen LogP) is 5.55. The molecule has 2 aromatic carbocycles. The Morgan fingerprint density at radius 1 is 0.929 bits per heavy atom. The van der Waals surface area contributed by atoms with Crippen LogP contribution in [0.15, 0.2) is 76.4 Å². The van der Waals surface area contributed by atoms with E-state index in [0.717, 1.165) is 11.1 Å². The zero-order chi connectivity index (χ0) is 19.3. The van der Waals surface area contributed by atoms with Crippen molar-refractivity contribution < 1.29 is 4.42 Å². The summed E-state index contributed by atoms with van der Waals surface area (Å²) in [4.78, 5) is 4.39. The molecule has 0 unspecified atom stereocenters. The molecule has 0 saturated heterocycles. The number of nitrogens with one attached hydrogen (secondary N) is 1. The van der Waals surface area contributed by atoms with Gasteiger partial charge in [0, 0.05) is 11.1 Å². The minimum absolute atomic E-state index is 0.286. The quantitative estimate of drug-likeness (QED) is 0.345. The van der Waals surface area contributed by atoms with Crippen molar-refractivity contribution in [3.05, 3.63) is 82.7 Å². The molecule has 0 bridgehead atoms. The van der Waals surface area contributed by atoms with Gasteiger partial charge in [-0.05, 0) is 30.3 Å². The fourth-order valence-electron chi connectivity index (χ4n) is 2.48. The van der Waals surface area contributed by atoms with Gasteiger partial charge in [-0.1, -0.05) is 53.5 Å². The predicted molar refractivity (Wildman–Crippen MR) is 111 cm³/mol. The maximum absolute atomic E-state index is 6.05. The largest absolute Gasteiger partial charge is 0.455 e. The van der Waals surface area contributed by atoms with Gasteiger partial charge in [0.05, 0.1) is 28.2 Å². The Balaban J connectivity index is 1.46.